The van der Waals surface area contributed by atoms with E-state index in [0.717, 1.165) is 17.6 Å². The lowest BCUT2D eigenvalue weighted by atomic mass is 10.0. The first-order valence-corrected chi connectivity index (χ1v) is 4.98. The van der Waals surface area contributed by atoms with Crippen molar-refractivity contribution >= 4 is 18.0 Å². The highest BCUT2D eigenvalue weighted by atomic mass is 35.5. The third-order valence-corrected chi connectivity index (χ3v) is 2.35. The molecule has 0 saturated heterocycles. The Morgan fingerprint density at radius 3 is 2.25 bits per heavy atom. The highest BCUT2D eigenvalue weighted by molar-refractivity contribution is 5.85. The molecule has 0 saturated carbocycles. The van der Waals surface area contributed by atoms with Gasteiger partial charge in [0, 0.05) is 12.4 Å². The molecule has 0 bridgehead atoms. The number of nitrogens with zero attached hydrogens (tertiary/aromatic N) is 1. The van der Waals surface area contributed by atoms with Gasteiger partial charge in [0.05, 0.1) is 0 Å². The molecule has 82 valence electrons. The van der Waals surface area contributed by atoms with Crippen LogP contribution in [0.15, 0.2) is 61.4 Å². The summed E-state index contributed by atoms with van der Waals surface area (Å²) >= 11 is 0. The Labute approximate surface area is 102 Å². The van der Waals surface area contributed by atoms with Crippen LogP contribution in [0.5, 0.6) is 0 Å². The van der Waals surface area contributed by atoms with Gasteiger partial charge >= 0.3 is 0 Å². The van der Waals surface area contributed by atoms with E-state index < -0.39 is 0 Å². The summed E-state index contributed by atoms with van der Waals surface area (Å²) in [4.78, 5) is 3.99. The summed E-state index contributed by atoms with van der Waals surface area (Å²) in [5.41, 5.74) is 3.58. The Balaban J connectivity index is 0.00000128. The Hall–Kier alpha value is -1.60. The SMILES string of the molecule is C=C(Cc1ccccc1)c1ccncc1.Cl. The van der Waals surface area contributed by atoms with Gasteiger partial charge in [0.15, 0.2) is 0 Å². The van der Waals surface area contributed by atoms with Crippen molar-refractivity contribution in [3.05, 3.63) is 72.6 Å². The van der Waals surface area contributed by atoms with E-state index in [1.54, 1.807) is 12.4 Å². The van der Waals surface area contributed by atoms with Crippen LogP contribution in [-0.4, -0.2) is 4.98 Å². The molecule has 0 amide bonds. The molecule has 1 aromatic heterocycles. The molecule has 0 spiro atoms. The molecule has 0 aliphatic carbocycles. The molecule has 2 heteroatoms. The maximum Gasteiger partial charge on any atom is 0.0273 e. The van der Waals surface area contributed by atoms with E-state index in [9.17, 15) is 0 Å². The van der Waals surface area contributed by atoms with E-state index in [-0.39, 0.29) is 12.4 Å². The molecule has 0 atom stereocenters. The minimum Gasteiger partial charge on any atom is -0.265 e. The molecule has 0 radical (unpaired) electrons. The monoisotopic (exact) mass is 231 g/mol. The number of hydrogen-bond donors (Lipinski definition) is 0. The number of halogens is 1. The molecule has 1 heterocycles. The van der Waals surface area contributed by atoms with Crippen LogP contribution in [0.4, 0.5) is 0 Å². The molecule has 16 heavy (non-hydrogen) atoms. The first-order valence-electron chi connectivity index (χ1n) is 4.98. The molecule has 2 rings (SSSR count). The third kappa shape index (κ3) is 3.21. The van der Waals surface area contributed by atoms with Gasteiger partial charge in [-0.25, -0.2) is 0 Å². The zero-order chi connectivity index (χ0) is 10.5. The lowest BCUT2D eigenvalue weighted by molar-refractivity contribution is 1.26. The smallest absolute Gasteiger partial charge is 0.0273 e. The molecule has 0 aliphatic heterocycles. The van der Waals surface area contributed by atoms with Crippen molar-refractivity contribution in [3.8, 4) is 0 Å². The van der Waals surface area contributed by atoms with E-state index in [0.29, 0.717) is 0 Å². The summed E-state index contributed by atoms with van der Waals surface area (Å²) in [5.74, 6) is 0. The first kappa shape index (κ1) is 12.5. The predicted molar refractivity (Wildman–Crippen MR) is 70.7 cm³/mol. The van der Waals surface area contributed by atoms with Crippen LogP contribution in [0, 0.1) is 0 Å². The normalized spacial score (nSPS) is 9.25. The van der Waals surface area contributed by atoms with Crippen LogP contribution in [-0.2, 0) is 6.42 Å². The Morgan fingerprint density at radius 2 is 1.62 bits per heavy atom. The Bertz CT molecular complexity index is 437. The molecular formula is C14H14ClN. The fraction of sp³-hybridized carbons (Fsp3) is 0.0714. The van der Waals surface area contributed by atoms with Crippen LogP contribution in [0.2, 0.25) is 0 Å². The van der Waals surface area contributed by atoms with Crippen molar-refractivity contribution in [2.24, 2.45) is 0 Å². The highest BCUT2D eigenvalue weighted by Gasteiger charge is 1.99. The van der Waals surface area contributed by atoms with Crippen LogP contribution in [0.25, 0.3) is 5.57 Å². The Kier molecular flexibility index (Phi) is 4.74. The number of aromatic nitrogens is 1. The van der Waals surface area contributed by atoms with Crippen molar-refractivity contribution in [1.29, 1.82) is 0 Å². The van der Waals surface area contributed by atoms with Crippen molar-refractivity contribution in [1.82, 2.24) is 4.98 Å². The van der Waals surface area contributed by atoms with Crippen LogP contribution >= 0.6 is 12.4 Å². The van der Waals surface area contributed by atoms with Gasteiger partial charge in [0.2, 0.25) is 0 Å². The quantitative estimate of drug-likeness (QED) is 0.784. The summed E-state index contributed by atoms with van der Waals surface area (Å²) < 4.78 is 0. The molecule has 0 aliphatic rings. The van der Waals surface area contributed by atoms with E-state index in [4.69, 9.17) is 0 Å². The number of pyridine rings is 1. The van der Waals surface area contributed by atoms with Gasteiger partial charge in [0.25, 0.3) is 0 Å². The molecule has 0 fully saturated rings. The maximum absolute atomic E-state index is 4.09. The van der Waals surface area contributed by atoms with Gasteiger partial charge in [-0.05, 0) is 35.3 Å². The molecular weight excluding hydrogens is 218 g/mol. The second-order valence-electron chi connectivity index (χ2n) is 3.50. The fourth-order valence-corrected chi connectivity index (χ4v) is 1.53. The molecule has 1 aromatic carbocycles. The van der Waals surface area contributed by atoms with Gasteiger partial charge in [-0.2, -0.15) is 0 Å². The van der Waals surface area contributed by atoms with Crippen molar-refractivity contribution in [3.63, 3.8) is 0 Å². The number of hydrogen-bond acceptors (Lipinski definition) is 1. The first-order chi connectivity index (χ1) is 7.36. The Morgan fingerprint density at radius 1 is 1.00 bits per heavy atom. The topological polar surface area (TPSA) is 12.9 Å². The van der Waals surface area contributed by atoms with Crippen molar-refractivity contribution in [2.75, 3.05) is 0 Å². The lowest BCUT2D eigenvalue weighted by Gasteiger charge is -2.05. The molecule has 0 unspecified atom stereocenters. The van der Waals surface area contributed by atoms with E-state index >= 15 is 0 Å². The summed E-state index contributed by atoms with van der Waals surface area (Å²) in [6.45, 7) is 4.09. The van der Waals surface area contributed by atoms with E-state index in [2.05, 4.69) is 35.8 Å². The van der Waals surface area contributed by atoms with E-state index in [1.165, 1.54) is 5.56 Å². The predicted octanol–water partition coefficient (Wildman–Crippen LogP) is 3.76. The summed E-state index contributed by atoms with van der Waals surface area (Å²) in [7, 11) is 0. The molecule has 0 N–H and O–H groups in total. The summed E-state index contributed by atoms with van der Waals surface area (Å²) in [6, 6.07) is 14.3. The highest BCUT2D eigenvalue weighted by Crippen LogP contribution is 2.16. The summed E-state index contributed by atoms with van der Waals surface area (Å²) in [5, 5.41) is 0. The average Bonchev–Trinajstić information content (AvgIpc) is 2.31. The second-order valence-corrected chi connectivity index (χ2v) is 3.50. The standard InChI is InChI=1S/C14H13N.ClH/c1-12(14-7-9-15-10-8-14)11-13-5-3-2-4-6-13;/h2-10H,1,11H2;1H. The number of allylic oxidation sites excluding steroid dienone is 1. The van der Waals surface area contributed by atoms with Crippen LogP contribution in [0.1, 0.15) is 11.1 Å². The average molecular weight is 232 g/mol. The van der Waals surface area contributed by atoms with Gasteiger partial charge in [0.1, 0.15) is 0 Å². The van der Waals surface area contributed by atoms with Crippen LogP contribution in [0.3, 0.4) is 0 Å². The van der Waals surface area contributed by atoms with E-state index in [1.807, 2.05) is 18.2 Å². The van der Waals surface area contributed by atoms with Gasteiger partial charge < -0.3 is 0 Å². The van der Waals surface area contributed by atoms with Gasteiger partial charge in [-0.15, -0.1) is 12.4 Å². The number of rotatable bonds is 3. The van der Waals surface area contributed by atoms with Gasteiger partial charge in [-0.1, -0.05) is 36.9 Å². The largest absolute Gasteiger partial charge is 0.265 e. The fourth-order valence-electron chi connectivity index (χ4n) is 1.53. The van der Waals surface area contributed by atoms with Crippen molar-refractivity contribution in [2.45, 2.75) is 6.42 Å². The van der Waals surface area contributed by atoms with Crippen molar-refractivity contribution < 1.29 is 0 Å². The number of benzene rings is 1. The third-order valence-electron chi connectivity index (χ3n) is 2.35. The van der Waals surface area contributed by atoms with Gasteiger partial charge in [-0.3, -0.25) is 4.98 Å². The summed E-state index contributed by atoms with van der Waals surface area (Å²) in [6.07, 6.45) is 4.49. The maximum atomic E-state index is 4.09. The zero-order valence-electron chi connectivity index (χ0n) is 8.97. The van der Waals surface area contributed by atoms with Crippen LogP contribution < -0.4 is 0 Å². The molecule has 2 aromatic rings. The molecule has 1 nitrogen and oxygen atoms in total. The minimum absolute atomic E-state index is 0. The zero-order valence-corrected chi connectivity index (χ0v) is 9.78. The second kappa shape index (κ2) is 6.09. The minimum atomic E-state index is 0. The lowest BCUT2D eigenvalue weighted by Crippen LogP contribution is -1.89.